The van der Waals surface area contributed by atoms with Crippen molar-refractivity contribution in [3.8, 4) is 5.75 Å². The Hall–Kier alpha value is -3.33. The number of fused-ring (bicyclic) bond motifs is 1. The van der Waals surface area contributed by atoms with Crippen LogP contribution in [-0.4, -0.2) is 11.0 Å². The van der Waals surface area contributed by atoms with Crippen LogP contribution in [0.2, 0.25) is 0 Å². The minimum atomic E-state index is -0.172. The lowest BCUT2D eigenvalue weighted by Gasteiger charge is -2.32. The highest BCUT2D eigenvalue weighted by Gasteiger charge is 2.48. The van der Waals surface area contributed by atoms with Crippen molar-refractivity contribution in [1.29, 1.82) is 0 Å². The van der Waals surface area contributed by atoms with Crippen LogP contribution in [0.4, 0.5) is 5.69 Å². The average molecular weight is 468 g/mol. The molecule has 0 spiro atoms. The lowest BCUT2D eigenvalue weighted by atomic mass is 9.71. The van der Waals surface area contributed by atoms with E-state index in [1.807, 2.05) is 24.3 Å². The van der Waals surface area contributed by atoms with Crippen LogP contribution in [-0.2, 0) is 17.3 Å². The van der Waals surface area contributed by atoms with Crippen LogP contribution in [0.5, 0.6) is 5.75 Å². The van der Waals surface area contributed by atoms with Gasteiger partial charge in [0.2, 0.25) is 0 Å². The van der Waals surface area contributed by atoms with Crippen LogP contribution < -0.4 is 5.32 Å². The van der Waals surface area contributed by atoms with E-state index in [1.54, 1.807) is 24.3 Å². The molecule has 1 aliphatic rings. The second-order valence-corrected chi connectivity index (χ2v) is 11.0. The van der Waals surface area contributed by atoms with Gasteiger partial charge in [-0.2, -0.15) is 0 Å². The number of carbonyl (C=O) groups is 1. The summed E-state index contributed by atoms with van der Waals surface area (Å²) in [7, 11) is 0. The molecule has 4 rings (SSSR count). The largest absolute Gasteiger partial charge is 0.508 e. The maximum Gasteiger partial charge on any atom is 0.255 e. The molecule has 2 N–H and O–H groups in total. The number of nitrogens with one attached hydrogen (secondary N) is 1. The van der Waals surface area contributed by atoms with Gasteiger partial charge in [0.05, 0.1) is 0 Å². The summed E-state index contributed by atoms with van der Waals surface area (Å²) in [6.07, 6.45) is 3.20. The molecule has 0 heterocycles. The van der Waals surface area contributed by atoms with Gasteiger partial charge in [-0.05, 0) is 99.9 Å². The maximum absolute atomic E-state index is 12.6. The Bertz CT molecular complexity index is 1280. The fourth-order valence-electron chi connectivity index (χ4n) is 5.55. The smallest absolute Gasteiger partial charge is 0.255 e. The monoisotopic (exact) mass is 467 g/mol. The van der Waals surface area contributed by atoms with Gasteiger partial charge in [0.15, 0.2) is 0 Å². The Morgan fingerprint density at radius 2 is 1.51 bits per heavy atom. The van der Waals surface area contributed by atoms with Crippen LogP contribution in [0, 0.1) is 5.92 Å². The van der Waals surface area contributed by atoms with Gasteiger partial charge in [-0.1, -0.05) is 71.9 Å². The molecule has 0 radical (unpaired) electrons. The number of amides is 1. The summed E-state index contributed by atoms with van der Waals surface area (Å²) in [4.78, 5) is 12.6. The number of phenolic OH excluding ortho intramolecular Hbond substituents is 1. The molecule has 1 atom stereocenters. The van der Waals surface area contributed by atoms with Crippen molar-refractivity contribution in [2.45, 2.75) is 65.7 Å². The van der Waals surface area contributed by atoms with Gasteiger partial charge in [0, 0.05) is 11.3 Å². The van der Waals surface area contributed by atoms with E-state index in [-0.39, 0.29) is 22.5 Å². The van der Waals surface area contributed by atoms with Gasteiger partial charge < -0.3 is 10.4 Å². The second-order valence-electron chi connectivity index (χ2n) is 11.0. The Labute approximate surface area is 209 Å². The first-order valence-electron chi connectivity index (χ1n) is 12.5. The third-order valence-electron chi connectivity index (χ3n) is 8.28. The van der Waals surface area contributed by atoms with Crippen LogP contribution in [0.1, 0.15) is 86.6 Å². The summed E-state index contributed by atoms with van der Waals surface area (Å²) in [6.45, 7) is 16.3. The maximum atomic E-state index is 12.6. The molecule has 3 heteroatoms. The minimum absolute atomic E-state index is 0.132. The van der Waals surface area contributed by atoms with Crippen molar-refractivity contribution in [2.24, 2.45) is 5.92 Å². The molecule has 35 heavy (non-hydrogen) atoms. The van der Waals surface area contributed by atoms with Crippen molar-refractivity contribution in [3.63, 3.8) is 0 Å². The number of rotatable bonds is 5. The van der Waals surface area contributed by atoms with E-state index >= 15 is 0 Å². The third kappa shape index (κ3) is 4.52. The first kappa shape index (κ1) is 24.8. The number of benzene rings is 3. The summed E-state index contributed by atoms with van der Waals surface area (Å²) in [6, 6.07) is 19.0. The van der Waals surface area contributed by atoms with E-state index in [2.05, 4.69) is 72.0 Å². The van der Waals surface area contributed by atoms with Crippen LogP contribution in [0.3, 0.4) is 0 Å². The van der Waals surface area contributed by atoms with Crippen molar-refractivity contribution in [3.05, 3.63) is 94.0 Å². The summed E-state index contributed by atoms with van der Waals surface area (Å²) in [5, 5.41) is 12.3. The van der Waals surface area contributed by atoms with E-state index in [0.29, 0.717) is 17.2 Å². The normalized spacial score (nSPS) is 18.3. The molecule has 3 aromatic carbocycles. The lowest BCUT2D eigenvalue weighted by Crippen LogP contribution is -2.30. The Morgan fingerprint density at radius 3 is 2.09 bits per heavy atom. The van der Waals surface area contributed by atoms with Crippen molar-refractivity contribution in [1.82, 2.24) is 0 Å². The summed E-state index contributed by atoms with van der Waals surface area (Å²) >= 11 is 0. The van der Waals surface area contributed by atoms with Crippen LogP contribution >= 0.6 is 0 Å². The molecule has 1 amide bonds. The summed E-state index contributed by atoms with van der Waals surface area (Å²) < 4.78 is 0. The Kier molecular flexibility index (Phi) is 6.40. The highest BCUT2D eigenvalue weighted by molar-refractivity contribution is 6.04. The molecular weight excluding hydrogens is 430 g/mol. The molecule has 0 fully saturated rings. The lowest BCUT2D eigenvalue weighted by molar-refractivity contribution is 0.102. The number of phenols is 1. The topological polar surface area (TPSA) is 49.3 Å². The van der Waals surface area contributed by atoms with Crippen LogP contribution in [0.15, 0.2) is 60.7 Å². The molecular formula is C32H37NO2. The fourth-order valence-corrected chi connectivity index (χ4v) is 5.55. The number of hydrogen-bond donors (Lipinski definition) is 2. The van der Waals surface area contributed by atoms with E-state index in [4.69, 9.17) is 0 Å². The number of aromatic hydroxyl groups is 1. The summed E-state index contributed by atoms with van der Waals surface area (Å²) in [5.41, 5.74) is 9.51. The molecule has 0 aromatic heterocycles. The Balaban J connectivity index is 1.61. The highest BCUT2D eigenvalue weighted by Crippen LogP contribution is 2.54. The zero-order chi connectivity index (χ0) is 25.5. The van der Waals surface area contributed by atoms with Gasteiger partial charge >= 0.3 is 0 Å². The molecule has 3 aromatic rings. The quantitative estimate of drug-likeness (QED) is 0.295. The SMILES string of the molecule is CCc1cc2c(cc1/C(C)=C/c1ccc(C(=O)Nc3ccc(O)cc3)cc1)C(C)(C)C(C)C2(C)C. The van der Waals surface area contributed by atoms with Gasteiger partial charge in [-0.25, -0.2) is 0 Å². The van der Waals surface area contributed by atoms with Gasteiger partial charge in [-0.15, -0.1) is 0 Å². The predicted octanol–water partition coefficient (Wildman–Crippen LogP) is 7.97. The van der Waals surface area contributed by atoms with Crippen molar-refractivity contribution >= 4 is 23.2 Å². The van der Waals surface area contributed by atoms with Crippen molar-refractivity contribution in [2.75, 3.05) is 5.32 Å². The first-order chi connectivity index (χ1) is 16.4. The second kappa shape index (κ2) is 9.03. The molecule has 0 saturated heterocycles. The Morgan fingerprint density at radius 1 is 0.943 bits per heavy atom. The van der Waals surface area contributed by atoms with E-state index in [0.717, 1.165) is 12.0 Å². The first-order valence-corrected chi connectivity index (χ1v) is 12.5. The number of carbonyl (C=O) groups excluding carboxylic acids is 1. The number of allylic oxidation sites excluding steroid dienone is 1. The molecule has 3 nitrogen and oxygen atoms in total. The number of anilines is 1. The molecule has 0 saturated carbocycles. The highest BCUT2D eigenvalue weighted by atomic mass is 16.3. The minimum Gasteiger partial charge on any atom is -0.508 e. The van der Waals surface area contributed by atoms with E-state index < -0.39 is 0 Å². The fraction of sp³-hybridized carbons (Fsp3) is 0.344. The molecule has 0 bridgehead atoms. The van der Waals surface area contributed by atoms with Gasteiger partial charge in [0.1, 0.15) is 5.75 Å². The molecule has 1 unspecified atom stereocenters. The van der Waals surface area contributed by atoms with Crippen LogP contribution in [0.25, 0.3) is 11.6 Å². The van der Waals surface area contributed by atoms with Gasteiger partial charge in [0.25, 0.3) is 5.91 Å². The standard InChI is InChI=1S/C32H37NO2/c1-8-23-18-28-29(32(6,7)21(3)31(28,4)5)19-27(23)20(2)17-22-9-11-24(12-10-22)30(35)33-25-13-15-26(34)16-14-25/h9-19,21,34H,8H2,1-7H3,(H,33,35)/b20-17+. The molecule has 1 aliphatic carbocycles. The van der Waals surface area contributed by atoms with Crippen molar-refractivity contribution < 1.29 is 9.90 Å². The average Bonchev–Trinajstić information content (AvgIpc) is 2.96. The third-order valence-corrected chi connectivity index (χ3v) is 8.28. The predicted molar refractivity (Wildman–Crippen MR) is 147 cm³/mol. The number of hydrogen-bond acceptors (Lipinski definition) is 2. The zero-order valence-corrected chi connectivity index (χ0v) is 22.0. The summed E-state index contributed by atoms with van der Waals surface area (Å²) in [5.74, 6) is 0.564. The van der Waals surface area contributed by atoms with E-state index in [1.165, 1.54) is 27.8 Å². The zero-order valence-electron chi connectivity index (χ0n) is 22.0. The molecule has 0 aliphatic heterocycles. The van der Waals surface area contributed by atoms with Gasteiger partial charge in [-0.3, -0.25) is 4.79 Å². The molecule has 182 valence electrons. The number of aryl methyl sites for hydroxylation is 1. The van der Waals surface area contributed by atoms with E-state index in [9.17, 15) is 9.90 Å².